The van der Waals surface area contributed by atoms with Crippen molar-refractivity contribution in [3.63, 3.8) is 0 Å². The largest absolute Gasteiger partial charge is 0.355 e. The first-order valence-electron chi connectivity index (χ1n) is 5.95. The number of amides is 1. The molecule has 3 heteroatoms. The predicted octanol–water partition coefficient (Wildman–Crippen LogP) is 2.25. The molecule has 0 aromatic heterocycles. The molecule has 3 nitrogen and oxygen atoms in total. The number of carbonyl (C=O) groups is 1. The highest BCUT2D eigenvalue weighted by Crippen LogP contribution is 2.02. The normalized spacial score (nSPS) is 13.0. The fraction of sp³-hybridized carbons (Fsp3) is 0.615. The second-order valence-electron chi connectivity index (χ2n) is 3.22. The van der Waals surface area contributed by atoms with Gasteiger partial charge in [0, 0.05) is 12.6 Å². The summed E-state index contributed by atoms with van der Waals surface area (Å²) in [5.41, 5.74) is 6.24. The van der Waals surface area contributed by atoms with E-state index in [0.717, 1.165) is 12.0 Å². The molecule has 0 aliphatic rings. The van der Waals surface area contributed by atoms with Gasteiger partial charge < -0.3 is 11.1 Å². The highest BCUT2D eigenvalue weighted by atomic mass is 16.1. The third-order valence-corrected chi connectivity index (χ3v) is 2.01. The van der Waals surface area contributed by atoms with Crippen molar-refractivity contribution in [1.82, 2.24) is 5.32 Å². The molecule has 3 N–H and O–H groups in total. The van der Waals surface area contributed by atoms with Gasteiger partial charge in [-0.2, -0.15) is 0 Å². The average Bonchev–Trinajstić information content (AvgIpc) is 2.35. The topological polar surface area (TPSA) is 55.1 Å². The summed E-state index contributed by atoms with van der Waals surface area (Å²) in [5.74, 6) is 0.339. The molecule has 0 bridgehead atoms. The van der Waals surface area contributed by atoms with Gasteiger partial charge in [0.1, 0.15) is 0 Å². The molecule has 94 valence electrons. The monoisotopic (exact) mass is 226 g/mol. The van der Waals surface area contributed by atoms with Crippen LogP contribution < -0.4 is 11.1 Å². The summed E-state index contributed by atoms with van der Waals surface area (Å²) in [6, 6.07) is 0. The van der Waals surface area contributed by atoms with Crippen LogP contribution in [0.4, 0.5) is 0 Å². The van der Waals surface area contributed by atoms with Crippen molar-refractivity contribution in [1.29, 1.82) is 0 Å². The summed E-state index contributed by atoms with van der Waals surface area (Å²) >= 11 is 0. The lowest BCUT2D eigenvalue weighted by molar-refractivity contribution is -0.117. The van der Waals surface area contributed by atoms with E-state index in [1.165, 1.54) is 0 Å². The van der Waals surface area contributed by atoms with Gasteiger partial charge in [0.25, 0.3) is 0 Å². The van der Waals surface area contributed by atoms with Gasteiger partial charge >= 0.3 is 0 Å². The molecule has 1 amide bonds. The molecule has 0 saturated carbocycles. The van der Waals surface area contributed by atoms with E-state index in [1.54, 1.807) is 7.05 Å². The van der Waals surface area contributed by atoms with Crippen LogP contribution in [0.25, 0.3) is 0 Å². The second-order valence-corrected chi connectivity index (χ2v) is 3.22. The lowest BCUT2D eigenvalue weighted by Gasteiger charge is -2.01. The third-order valence-electron chi connectivity index (χ3n) is 2.01. The highest BCUT2D eigenvalue weighted by molar-refractivity contribution is 5.93. The maximum Gasteiger partial charge on any atom is 0.246 e. The molecule has 0 spiro atoms. The van der Waals surface area contributed by atoms with Crippen molar-refractivity contribution in [3.05, 3.63) is 23.8 Å². The molecule has 0 heterocycles. The van der Waals surface area contributed by atoms with E-state index in [0.29, 0.717) is 12.5 Å². The quantitative estimate of drug-likeness (QED) is 0.558. The lowest BCUT2D eigenvalue weighted by Crippen LogP contribution is -2.19. The molecule has 0 saturated heterocycles. The maximum atomic E-state index is 11.3. The second kappa shape index (κ2) is 12.0. The summed E-state index contributed by atoms with van der Waals surface area (Å²) < 4.78 is 0. The van der Waals surface area contributed by atoms with Gasteiger partial charge in [-0.1, -0.05) is 45.9 Å². The van der Waals surface area contributed by atoms with E-state index in [1.807, 2.05) is 45.9 Å². The highest BCUT2D eigenvalue weighted by Gasteiger charge is 2.01. The Morgan fingerprint density at radius 1 is 1.44 bits per heavy atom. The van der Waals surface area contributed by atoms with Crippen LogP contribution in [0, 0.1) is 5.92 Å². The Labute approximate surface area is 99.8 Å². The molecule has 0 aliphatic heterocycles. The van der Waals surface area contributed by atoms with Crippen LogP contribution >= 0.6 is 0 Å². The van der Waals surface area contributed by atoms with E-state index in [4.69, 9.17) is 5.73 Å². The number of rotatable bonds is 5. The average molecular weight is 226 g/mol. The van der Waals surface area contributed by atoms with Crippen LogP contribution in [0.3, 0.4) is 0 Å². The van der Waals surface area contributed by atoms with Crippen LogP contribution in [0.5, 0.6) is 0 Å². The number of hydrogen-bond acceptors (Lipinski definition) is 2. The van der Waals surface area contributed by atoms with Crippen LogP contribution in [-0.2, 0) is 4.79 Å². The Balaban J connectivity index is 0. The molecular formula is C13H26N2O. The molecule has 1 atom stereocenters. The molecule has 0 rings (SSSR count). The summed E-state index contributed by atoms with van der Waals surface area (Å²) in [5, 5.41) is 2.60. The number of likely N-dealkylation sites (N-methyl/N-ethyl adjacent to an activating group) is 1. The van der Waals surface area contributed by atoms with Gasteiger partial charge in [-0.15, -0.1) is 0 Å². The Kier molecular flexibility index (Phi) is 13.0. The van der Waals surface area contributed by atoms with Gasteiger partial charge in [-0.05, 0) is 18.9 Å². The molecule has 1 unspecified atom stereocenters. The predicted molar refractivity (Wildman–Crippen MR) is 71.1 cm³/mol. The number of allylic oxidation sites excluding steroid dienone is 2. The van der Waals surface area contributed by atoms with Crippen LogP contribution in [0.1, 0.15) is 34.1 Å². The van der Waals surface area contributed by atoms with Crippen LogP contribution in [0.15, 0.2) is 23.8 Å². The smallest absolute Gasteiger partial charge is 0.246 e. The van der Waals surface area contributed by atoms with Crippen molar-refractivity contribution in [3.8, 4) is 0 Å². The van der Waals surface area contributed by atoms with E-state index >= 15 is 0 Å². The number of hydrogen-bond donors (Lipinski definition) is 2. The molecule has 16 heavy (non-hydrogen) atoms. The summed E-state index contributed by atoms with van der Waals surface area (Å²) in [6.07, 6.45) is 6.47. The summed E-state index contributed by atoms with van der Waals surface area (Å²) in [4.78, 5) is 11.3. The number of nitrogens with two attached hydrogens (primary N) is 1. The Hall–Kier alpha value is -1.09. The Bertz CT molecular complexity index is 232. The Morgan fingerprint density at radius 3 is 2.38 bits per heavy atom. The number of carbonyl (C=O) groups excluding carboxylic acids is 1. The fourth-order valence-electron chi connectivity index (χ4n) is 0.955. The molecule has 0 aromatic carbocycles. The third kappa shape index (κ3) is 8.24. The van der Waals surface area contributed by atoms with Gasteiger partial charge in [0.15, 0.2) is 0 Å². The molecular weight excluding hydrogens is 200 g/mol. The Morgan fingerprint density at radius 2 is 2.00 bits per heavy atom. The van der Waals surface area contributed by atoms with Gasteiger partial charge in [-0.3, -0.25) is 4.79 Å². The molecule has 0 fully saturated rings. The zero-order valence-corrected chi connectivity index (χ0v) is 11.2. The standard InChI is InChI=1S/C11H20N2O.C2H6/c1-4-10(11(14)13-3)7-5-6-9(2)8-12;1-2/h5-7,9H,4,8,12H2,1-3H3,(H,13,14);1-2H3/b6-5-,10-7+;. The van der Waals surface area contributed by atoms with Crippen molar-refractivity contribution < 1.29 is 4.79 Å². The summed E-state index contributed by atoms with van der Waals surface area (Å²) in [7, 11) is 1.64. The minimum absolute atomic E-state index is 0.0162. The van der Waals surface area contributed by atoms with E-state index in [2.05, 4.69) is 5.32 Å². The number of nitrogens with one attached hydrogen (secondary N) is 1. The first kappa shape index (κ1) is 17.3. The minimum atomic E-state index is -0.0162. The van der Waals surface area contributed by atoms with Gasteiger partial charge in [0.2, 0.25) is 5.91 Å². The van der Waals surface area contributed by atoms with Crippen LogP contribution in [-0.4, -0.2) is 19.5 Å². The zero-order chi connectivity index (χ0) is 13.0. The van der Waals surface area contributed by atoms with E-state index in [-0.39, 0.29) is 5.91 Å². The van der Waals surface area contributed by atoms with E-state index in [9.17, 15) is 4.79 Å². The van der Waals surface area contributed by atoms with Gasteiger partial charge in [0.05, 0.1) is 0 Å². The van der Waals surface area contributed by atoms with E-state index < -0.39 is 0 Å². The minimum Gasteiger partial charge on any atom is -0.355 e. The molecule has 0 radical (unpaired) electrons. The van der Waals surface area contributed by atoms with Crippen LogP contribution in [0.2, 0.25) is 0 Å². The van der Waals surface area contributed by atoms with Crippen molar-refractivity contribution in [2.75, 3.05) is 13.6 Å². The van der Waals surface area contributed by atoms with Gasteiger partial charge in [-0.25, -0.2) is 0 Å². The van der Waals surface area contributed by atoms with Crippen molar-refractivity contribution >= 4 is 5.91 Å². The summed E-state index contributed by atoms with van der Waals surface area (Å²) in [6.45, 7) is 8.63. The molecule has 0 aliphatic carbocycles. The first-order valence-corrected chi connectivity index (χ1v) is 5.95. The lowest BCUT2D eigenvalue weighted by atomic mass is 10.1. The zero-order valence-electron chi connectivity index (χ0n) is 11.2. The van der Waals surface area contributed by atoms with Crippen molar-refractivity contribution in [2.45, 2.75) is 34.1 Å². The van der Waals surface area contributed by atoms with Crippen molar-refractivity contribution in [2.24, 2.45) is 11.7 Å². The molecule has 0 aromatic rings. The first-order chi connectivity index (χ1) is 7.65. The fourth-order valence-corrected chi connectivity index (χ4v) is 0.955. The maximum absolute atomic E-state index is 11.3. The SMILES string of the molecule is CC.CC/C(=C\C=C/C(C)CN)C(=O)NC.